The number of benzene rings is 1. The highest BCUT2D eigenvalue weighted by atomic mass is 32.2. The molecule has 0 spiro atoms. The highest BCUT2D eigenvalue weighted by Gasteiger charge is 2.11. The van der Waals surface area contributed by atoms with Gasteiger partial charge in [0.1, 0.15) is 5.82 Å². The van der Waals surface area contributed by atoms with Crippen LogP contribution in [0.4, 0.5) is 10.1 Å². The van der Waals surface area contributed by atoms with E-state index in [2.05, 4.69) is 15.3 Å². The first-order valence-electron chi connectivity index (χ1n) is 6.69. The van der Waals surface area contributed by atoms with Gasteiger partial charge in [0.25, 0.3) is 5.56 Å². The van der Waals surface area contributed by atoms with Crippen LogP contribution in [-0.2, 0) is 11.2 Å². The van der Waals surface area contributed by atoms with E-state index < -0.39 is 5.82 Å². The Balaban J connectivity index is 2.03. The molecule has 0 saturated carbocycles. The first kappa shape index (κ1) is 16.2. The van der Waals surface area contributed by atoms with E-state index in [9.17, 15) is 14.0 Å². The average Bonchev–Trinajstić information content (AvgIpc) is 2.48. The lowest BCUT2D eigenvalue weighted by Crippen LogP contribution is -2.20. The summed E-state index contributed by atoms with van der Waals surface area (Å²) < 4.78 is 13.4. The summed E-state index contributed by atoms with van der Waals surface area (Å²) in [7, 11) is 0. The molecule has 2 rings (SSSR count). The van der Waals surface area contributed by atoms with Crippen molar-refractivity contribution in [1.29, 1.82) is 0 Å². The molecule has 0 bridgehead atoms. The van der Waals surface area contributed by atoms with Crippen LogP contribution in [0.5, 0.6) is 0 Å². The Morgan fingerprint density at radius 2 is 2.14 bits per heavy atom. The van der Waals surface area contributed by atoms with Gasteiger partial charge < -0.3 is 10.3 Å². The number of amides is 1. The van der Waals surface area contributed by atoms with E-state index in [0.717, 1.165) is 0 Å². The third-order valence-corrected chi connectivity index (χ3v) is 3.72. The number of aromatic nitrogens is 2. The number of hydrogen-bond acceptors (Lipinski definition) is 4. The Bertz CT molecular complexity index is 746. The Hall–Kier alpha value is -2.15. The Labute approximate surface area is 131 Å². The van der Waals surface area contributed by atoms with Gasteiger partial charge in [0.2, 0.25) is 5.91 Å². The van der Waals surface area contributed by atoms with Gasteiger partial charge in [-0.05, 0) is 31.7 Å². The zero-order chi connectivity index (χ0) is 16.1. The third kappa shape index (κ3) is 3.94. The second kappa shape index (κ2) is 7.22. The fourth-order valence-corrected chi connectivity index (χ4v) is 2.41. The number of anilines is 1. The quantitative estimate of drug-likeness (QED) is 0.655. The van der Waals surface area contributed by atoms with Crippen molar-refractivity contribution in [1.82, 2.24) is 9.97 Å². The third-order valence-electron chi connectivity index (χ3n) is 3.14. The highest BCUT2D eigenvalue weighted by Crippen LogP contribution is 2.13. The number of nitrogens with zero attached hydrogens (tertiary/aromatic N) is 1. The van der Waals surface area contributed by atoms with Crippen molar-refractivity contribution in [3.05, 3.63) is 51.7 Å². The molecule has 0 fully saturated rings. The van der Waals surface area contributed by atoms with Gasteiger partial charge in [-0.25, -0.2) is 9.37 Å². The topological polar surface area (TPSA) is 74.8 Å². The molecule has 1 aromatic heterocycles. The SMILES string of the molecule is CSc1nc(C)c(CCC(=O)Nc2ccccc2F)c(=O)[nH]1. The maximum absolute atomic E-state index is 13.4. The Morgan fingerprint density at radius 3 is 2.77 bits per heavy atom. The van der Waals surface area contributed by atoms with Gasteiger partial charge in [-0.2, -0.15) is 0 Å². The van der Waals surface area contributed by atoms with Gasteiger partial charge in [-0.1, -0.05) is 23.9 Å². The van der Waals surface area contributed by atoms with Crippen LogP contribution in [0.15, 0.2) is 34.2 Å². The van der Waals surface area contributed by atoms with Crippen LogP contribution in [0.2, 0.25) is 0 Å². The van der Waals surface area contributed by atoms with E-state index >= 15 is 0 Å². The van der Waals surface area contributed by atoms with Crippen LogP contribution in [0.1, 0.15) is 17.7 Å². The number of hydrogen-bond donors (Lipinski definition) is 2. The monoisotopic (exact) mass is 321 g/mol. The van der Waals surface area contributed by atoms with Crippen molar-refractivity contribution >= 4 is 23.4 Å². The molecule has 0 atom stereocenters. The van der Waals surface area contributed by atoms with E-state index in [-0.39, 0.29) is 30.0 Å². The summed E-state index contributed by atoms with van der Waals surface area (Å²) in [6.45, 7) is 1.74. The van der Waals surface area contributed by atoms with Crippen molar-refractivity contribution in [2.75, 3.05) is 11.6 Å². The zero-order valence-corrected chi connectivity index (χ0v) is 13.1. The first-order chi connectivity index (χ1) is 10.5. The van der Waals surface area contributed by atoms with Gasteiger partial charge in [0, 0.05) is 17.7 Å². The van der Waals surface area contributed by atoms with E-state index in [1.54, 1.807) is 19.1 Å². The largest absolute Gasteiger partial charge is 0.324 e. The molecule has 1 amide bonds. The van der Waals surface area contributed by atoms with Crippen LogP contribution in [0.25, 0.3) is 0 Å². The molecule has 0 saturated heterocycles. The molecule has 2 N–H and O–H groups in total. The lowest BCUT2D eigenvalue weighted by atomic mass is 10.1. The number of aromatic amines is 1. The number of thioether (sulfide) groups is 1. The molecule has 0 aliphatic heterocycles. The second-order valence-electron chi connectivity index (χ2n) is 4.67. The van der Waals surface area contributed by atoms with Crippen molar-refractivity contribution < 1.29 is 9.18 Å². The number of nitrogens with one attached hydrogen (secondary N) is 2. The molecule has 7 heteroatoms. The smallest absolute Gasteiger partial charge is 0.254 e. The van der Waals surface area contributed by atoms with E-state index in [0.29, 0.717) is 16.4 Å². The molecule has 0 unspecified atom stereocenters. The van der Waals surface area contributed by atoms with Crippen molar-refractivity contribution in [3.63, 3.8) is 0 Å². The number of carbonyl (C=O) groups is 1. The van der Waals surface area contributed by atoms with Crippen LogP contribution >= 0.6 is 11.8 Å². The summed E-state index contributed by atoms with van der Waals surface area (Å²) in [5.41, 5.74) is 0.970. The lowest BCUT2D eigenvalue weighted by Gasteiger charge is -2.07. The minimum Gasteiger partial charge on any atom is -0.324 e. The summed E-state index contributed by atoms with van der Waals surface area (Å²) in [5.74, 6) is -0.839. The van der Waals surface area contributed by atoms with Gasteiger partial charge in [-0.3, -0.25) is 9.59 Å². The standard InChI is InChI=1S/C15H16FN3O2S/c1-9-10(14(21)19-15(17-9)22-2)7-8-13(20)18-12-6-4-3-5-11(12)16/h3-6H,7-8H2,1-2H3,(H,18,20)(H,17,19,21). The molecular weight excluding hydrogens is 305 g/mol. The number of aryl methyl sites for hydroxylation is 1. The Kier molecular flexibility index (Phi) is 5.32. The van der Waals surface area contributed by atoms with Gasteiger partial charge >= 0.3 is 0 Å². The predicted molar refractivity (Wildman–Crippen MR) is 84.7 cm³/mol. The van der Waals surface area contributed by atoms with Crippen molar-refractivity contribution in [2.45, 2.75) is 24.9 Å². The molecule has 1 heterocycles. The summed E-state index contributed by atoms with van der Waals surface area (Å²) in [4.78, 5) is 30.7. The average molecular weight is 321 g/mol. The summed E-state index contributed by atoms with van der Waals surface area (Å²) in [6.07, 6.45) is 2.15. The molecular formula is C15H16FN3O2S. The maximum atomic E-state index is 13.4. The number of H-pyrrole nitrogens is 1. The summed E-state index contributed by atoms with van der Waals surface area (Å²) in [6, 6.07) is 5.95. The molecule has 5 nitrogen and oxygen atoms in total. The fraction of sp³-hybridized carbons (Fsp3) is 0.267. The van der Waals surface area contributed by atoms with Crippen LogP contribution in [-0.4, -0.2) is 22.1 Å². The normalized spacial score (nSPS) is 10.5. The Morgan fingerprint density at radius 1 is 1.41 bits per heavy atom. The molecule has 22 heavy (non-hydrogen) atoms. The van der Waals surface area contributed by atoms with Gasteiger partial charge in [0.05, 0.1) is 5.69 Å². The highest BCUT2D eigenvalue weighted by molar-refractivity contribution is 7.98. The predicted octanol–water partition coefficient (Wildman–Crippen LogP) is 2.51. The molecule has 1 aromatic carbocycles. The lowest BCUT2D eigenvalue weighted by molar-refractivity contribution is -0.116. The van der Waals surface area contributed by atoms with E-state index in [4.69, 9.17) is 0 Å². The molecule has 0 aliphatic carbocycles. The van der Waals surface area contributed by atoms with E-state index in [1.165, 1.54) is 23.9 Å². The molecule has 2 aromatic rings. The number of carbonyl (C=O) groups excluding carboxylic acids is 1. The second-order valence-corrected chi connectivity index (χ2v) is 5.46. The number of para-hydroxylation sites is 1. The van der Waals surface area contributed by atoms with Crippen molar-refractivity contribution in [3.8, 4) is 0 Å². The fourth-order valence-electron chi connectivity index (χ4n) is 1.99. The first-order valence-corrected chi connectivity index (χ1v) is 7.92. The van der Waals surface area contributed by atoms with Crippen molar-refractivity contribution in [2.24, 2.45) is 0 Å². The van der Waals surface area contributed by atoms with Crippen LogP contribution < -0.4 is 10.9 Å². The molecule has 0 aliphatic rings. The van der Waals surface area contributed by atoms with Crippen LogP contribution in [0.3, 0.4) is 0 Å². The summed E-state index contributed by atoms with van der Waals surface area (Å²) >= 11 is 1.35. The number of halogens is 1. The van der Waals surface area contributed by atoms with E-state index in [1.807, 2.05) is 6.26 Å². The maximum Gasteiger partial charge on any atom is 0.254 e. The minimum atomic E-state index is -0.490. The van der Waals surface area contributed by atoms with Crippen LogP contribution in [0, 0.1) is 12.7 Å². The van der Waals surface area contributed by atoms with Gasteiger partial charge in [0.15, 0.2) is 5.16 Å². The minimum absolute atomic E-state index is 0.0819. The zero-order valence-electron chi connectivity index (χ0n) is 12.3. The molecule has 0 radical (unpaired) electrons. The van der Waals surface area contributed by atoms with Gasteiger partial charge in [-0.15, -0.1) is 0 Å². The number of rotatable bonds is 5. The summed E-state index contributed by atoms with van der Waals surface area (Å²) in [5, 5.41) is 3.03. The molecule has 116 valence electrons.